The number of halogens is 1. The molecule has 0 N–H and O–H groups in total. The van der Waals surface area contributed by atoms with E-state index in [1.165, 1.54) is 9.13 Å². The van der Waals surface area contributed by atoms with E-state index in [9.17, 15) is 9.59 Å². The Hall–Kier alpha value is -2.88. The van der Waals surface area contributed by atoms with Gasteiger partial charge in [-0.2, -0.15) is 4.98 Å². The standard InChI is InChI=1S/C23H27ClN6O3/c1-16-14-29-19-20(25-22(29)28(16)9-3-8-27-10-12-33-13-11-27)26(2)23(32)30(21(19)31)15-17-4-6-18(24)7-5-17/h4-7,14H,3,8-13,15H2,1-2H3. The van der Waals surface area contributed by atoms with Gasteiger partial charge in [-0.3, -0.25) is 23.2 Å². The van der Waals surface area contributed by atoms with E-state index in [0.717, 1.165) is 57.1 Å². The summed E-state index contributed by atoms with van der Waals surface area (Å²) in [5.41, 5.74) is 1.93. The predicted molar refractivity (Wildman–Crippen MR) is 127 cm³/mol. The first kappa shape index (κ1) is 21.9. The van der Waals surface area contributed by atoms with Gasteiger partial charge < -0.3 is 9.30 Å². The topological polar surface area (TPSA) is 78.7 Å². The van der Waals surface area contributed by atoms with Gasteiger partial charge in [0, 0.05) is 50.1 Å². The van der Waals surface area contributed by atoms with Crippen LogP contribution in [0.2, 0.25) is 5.02 Å². The summed E-state index contributed by atoms with van der Waals surface area (Å²) in [5.74, 6) is 0.681. The minimum atomic E-state index is -0.390. The van der Waals surface area contributed by atoms with Crippen LogP contribution in [0.5, 0.6) is 0 Å². The van der Waals surface area contributed by atoms with Crippen LogP contribution in [0.25, 0.3) is 16.9 Å². The molecular formula is C23H27ClN6O3. The van der Waals surface area contributed by atoms with Gasteiger partial charge in [0.15, 0.2) is 11.2 Å². The SMILES string of the molecule is Cc1cn2c3c(=O)n(Cc4ccc(Cl)cc4)c(=O)n(C)c3nc2n1CCCN1CCOCC1. The lowest BCUT2D eigenvalue weighted by atomic mass is 10.2. The molecule has 0 unspecified atom stereocenters. The molecule has 1 aliphatic rings. The minimum absolute atomic E-state index is 0.172. The summed E-state index contributed by atoms with van der Waals surface area (Å²) in [6, 6.07) is 7.14. The summed E-state index contributed by atoms with van der Waals surface area (Å²) >= 11 is 5.97. The van der Waals surface area contributed by atoms with E-state index in [1.54, 1.807) is 19.2 Å². The summed E-state index contributed by atoms with van der Waals surface area (Å²) in [4.78, 5) is 33.5. The van der Waals surface area contributed by atoms with Gasteiger partial charge in [-0.15, -0.1) is 0 Å². The molecule has 1 aliphatic heterocycles. The smallest absolute Gasteiger partial charge is 0.332 e. The van der Waals surface area contributed by atoms with Crippen LogP contribution in [0.4, 0.5) is 0 Å². The Balaban J connectivity index is 1.52. The van der Waals surface area contributed by atoms with Crippen molar-refractivity contribution in [3.63, 3.8) is 0 Å². The number of fused-ring (bicyclic) bond motifs is 3. The largest absolute Gasteiger partial charge is 0.379 e. The van der Waals surface area contributed by atoms with Crippen molar-refractivity contribution in [2.45, 2.75) is 26.4 Å². The second kappa shape index (κ2) is 8.81. The van der Waals surface area contributed by atoms with E-state index in [0.29, 0.717) is 22.0 Å². The average Bonchev–Trinajstić information content (AvgIpc) is 3.33. The molecule has 5 rings (SSSR count). The molecule has 4 aromatic rings. The van der Waals surface area contributed by atoms with E-state index in [1.807, 2.05) is 29.7 Å². The third-order valence-corrected chi connectivity index (χ3v) is 6.61. The third-order valence-electron chi connectivity index (χ3n) is 6.35. The third kappa shape index (κ3) is 4.01. The molecule has 33 heavy (non-hydrogen) atoms. The van der Waals surface area contributed by atoms with Crippen LogP contribution in [0, 0.1) is 6.92 Å². The van der Waals surface area contributed by atoms with Crippen LogP contribution in [0.3, 0.4) is 0 Å². The molecule has 1 fully saturated rings. The van der Waals surface area contributed by atoms with E-state index in [4.69, 9.17) is 21.3 Å². The van der Waals surface area contributed by atoms with Crippen molar-refractivity contribution in [1.29, 1.82) is 0 Å². The summed E-state index contributed by atoms with van der Waals surface area (Å²) in [6.45, 7) is 7.46. The maximum absolute atomic E-state index is 13.4. The lowest BCUT2D eigenvalue weighted by Gasteiger charge is -2.26. The van der Waals surface area contributed by atoms with Crippen molar-refractivity contribution in [2.24, 2.45) is 7.05 Å². The number of imidazole rings is 2. The highest BCUT2D eigenvalue weighted by molar-refractivity contribution is 6.30. The molecule has 0 bridgehead atoms. The highest BCUT2D eigenvalue weighted by Crippen LogP contribution is 2.17. The van der Waals surface area contributed by atoms with Gasteiger partial charge in [-0.05, 0) is 31.0 Å². The first-order chi connectivity index (χ1) is 15.9. The van der Waals surface area contributed by atoms with E-state index >= 15 is 0 Å². The van der Waals surface area contributed by atoms with Gasteiger partial charge in [0.25, 0.3) is 5.56 Å². The predicted octanol–water partition coefficient (Wildman–Crippen LogP) is 1.88. The van der Waals surface area contributed by atoms with Crippen LogP contribution in [-0.4, -0.2) is 60.8 Å². The van der Waals surface area contributed by atoms with Crippen molar-refractivity contribution >= 4 is 28.5 Å². The molecule has 9 nitrogen and oxygen atoms in total. The number of benzene rings is 1. The molecule has 0 atom stereocenters. The molecule has 10 heteroatoms. The van der Waals surface area contributed by atoms with E-state index in [-0.39, 0.29) is 12.1 Å². The van der Waals surface area contributed by atoms with Gasteiger partial charge in [0.2, 0.25) is 5.78 Å². The molecule has 1 aromatic carbocycles. The second-order valence-corrected chi connectivity index (χ2v) is 8.98. The lowest BCUT2D eigenvalue weighted by Crippen LogP contribution is -2.39. The Morgan fingerprint density at radius 2 is 1.79 bits per heavy atom. The summed E-state index contributed by atoms with van der Waals surface area (Å²) in [7, 11) is 1.66. The molecule has 0 radical (unpaired) electrons. The Morgan fingerprint density at radius 3 is 2.52 bits per heavy atom. The van der Waals surface area contributed by atoms with Crippen molar-refractivity contribution in [3.8, 4) is 0 Å². The first-order valence-corrected chi connectivity index (χ1v) is 11.5. The minimum Gasteiger partial charge on any atom is -0.379 e. The van der Waals surface area contributed by atoms with Crippen LogP contribution in [0.15, 0.2) is 40.1 Å². The number of nitrogens with zero attached hydrogens (tertiary/aromatic N) is 6. The molecule has 4 heterocycles. The van der Waals surface area contributed by atoms with Gasteiger partial charge in [0.1, 0.15) is 0 Å². The summed E-state index contributed by atoms with van der Waals surface area (Å²) in [5, 5.41) is 0.609. The molecule has 1 saturated heterocycles. The molecule has 0 amide bonds. The number of rotatable bonds is 6. The Morgan fingerprint density at radius 1 is 1.06 bits per heavy atom. The van der Waals surface area contributed by atoms with Gasteiger partial charge in [0.05, 0.1) is 19.8 Å². The zero-order valence-corrected chi connectivity index (χ0v) is 19.6. The van der Waals surface area contributed by atoms with E-state index < -0.39 is 5.69 Å². The molecule has 0 aliphatic carbocycles. The fourth-order valence-electron chi connectivity index (χ4n) is 4.52. The van der Waals surface area contributed by atoms with Gasteiger partial charge in [-0.1, -0.05) is 23.7 Å². The van der Waals surface area contributed by atoms with E-state index in [2.05, 4.69) is 9.47 Å². The summed E-state index contributed by atoms with van der Waals surface area (Å²) < 4.78 is 12.1. The molecule has 3 aromatic heterocycles. The van der Waals surface area contributed by atoms with Gasteiger partial charge in [-0.25, -0.2) is 4.79 Å². The highest BCUT2D eigenvalue weighted by atomic mass is 35.5. The fraction of sp³-hybridized carbons (Fsp3) is 0.435. The first-order valence-electron chi connectivity index (χ1n) is 11.2. The maximum Gasteiger partial charge on any atom is 0.332 e. The fourth-order valence-corrected chi connectivity index (χ4v) is 4.65. The van der Waals surface area contributed by atoms with Crippen molar-refractivity contribution in [1.82, 2.24) is 28.0 Å². The quantitative estimate of drug-likeness (QED) is 0.430. The normalized spacial score (nSPS) is 15.1. The molecule has 0 spiro atoms. The van der Waals surface area contributed by atoms with Crippen molar-refractivity contribution in [3.05, 3.63) is 67.6 Å². The monoisotopic (exact) mass is 470 g/mol. The van der Waals surface area contributed by atoms with Crippen LogP contribution in [-0.2, 0) is 24.9 Å². The van der Waals surface area contributed by atoms with Crippen LogP contribution < -0.4 is 11.2 Å². The summed E-state index contributed by atoms with van der Waals surface area (Å²) in [6.07, 6.45) is 2.89. The Kier molecular flexibility index (Phi) is 5.86. The number of hydrogen-bond donors (Lipinski definition) is 0. The number of hydrogen-bond acceptors (Lipinski definition) is 5. The Labute approximate surface area is 195 Å². The lowest BCUT2D eigenvalue weighted by molar-refractivity contribution is 0.0369. The second-order valence-electron chi connectivity index (χ2n) is 8.54. The zero-order valence-electron chi connectivity index (χ0n) is 18.8. The number of aromatic nitrogens is 5. The van der Waals surface area contributed by atoms with Crippen LogP contribution in [0.1, 0.15) is 17.7 Å². The van der Waals surface area contributed by atoms with Crippen molar-refractivity contribution in [2.75, 3.05) is 32.8 Å². The van der Waals surface area contributed by atoms with Crippen molar-refractivity contribution < 1.29 is 4.74 Å². The highest BCUT2D eigenvalue weighted by Gasteiger charge is 2.20. The molecular weight excluding hydrogens is 444 g/mol. The molecule has 174 valence electrons. The maximum atomic E-state index is 13.4. The number of aryl methyl sites for hydroxylation is 3. The van der Waals surface area contributed by atoms with Crippen LogP contribution >= 0.6 is 11.6 Å². The zero-order chi connectivity index (χ0) is 23.1. The average molecular weight is 471 g/mol. The Bertz CT molecular complexity index is 1420. The molecule has 0 saturated carbocycles. The van der Waals surface area contributed by atoms with Gasteiger partial charge >= 0.3 is 5.69 Å². The number of ether oxygens (including phenoxy) is 1. The number of morpholine rings is 1.